The Labute approximate surface area is 166 Å². The number of esters is 2. The Morgan fingerprint density at radius 1 is 1.29 bits per heavy atom. The first-order valence-corrected chi connectivity index (χ1v) is 10.4. The number of fused-ring (bicyclic) bond motifs is 4. The zero-order valence-electron chi connectivity index (χ0n) is 17.4. The number of carbonyl (C=O) groups is 2. The van der Waals surface area contributed by atoms with Crippen molar-refractivity contribution in [2.75, 3.05) is 0 Å². The number of carbonyl (C=O) groups excluding carboxylic acids is 2. The average molecular weight is 392 g/mol. The van der Waals surface area contributed by atoms with Crippen LogP contribution in [0.5, 0.6) is 0 Å². The summed E-state index contributed by atoms with van der Waals surface area (Å²) in [6, 6.07) is 0. The highest BCUT2D eigenvalue weighted by molar-refractivity contribution is 5.86. The Kier molecular flexibility index (Phi) is 4.30. The van der Waals surface area contributed by atoms with E-state index >= 15 is 0 Å². The Hall–Kier alpha value is -1.40. The maximum atomic E-state index is 11.9. The summed E-state index contributed by atoms with van der Waals surface area (Å²) in [5.41, 5.74) is 0.181. The molecule has 156 valence electrons. The lowest BCUT2D eigenvalue weighted by Crippen LogP contribution is -2.67. The Balaban J connectivity index is 1.84. The summed E-state index contributed by atoms with van der Waals surface area (Å²) in [7, 11) is 0. The van der Waals surface area contributed by atoms with Gasteiger partial charge in [0.05, 0.1) is 6.10 Å². The van der Waals surface area contributed by atoms with Crippen molar-refractivity contribution in [3.8, 4) is 0 Å². The second kappa shape index (κ2) is 6.05. The number of hydrogen-bond donors (Lipinski definition) is 2. The Bertz CT molecular complexity index is 741. The van der Waals surface area contributed by atoms with Gasteiger partial charge in [-0.05, 0) is 41.4 Å². The van der Waals surface area contributed by atoms with Crippen molar-refractivity contribution in [1.29, 1.82) is 0 Å². The van der Waals surface area contributed by atoms with Crippen LogP contribution in [-0.2, 0) is 19.1 Å². The van der Waals surface area contributed by atoms with E-state index in [0.29, 0.717) is 5.57 Å². The molecule has 3 saturated carbocycles. The fourth-order valence-corrected chi connectivity index (χ4v) is 7.45. The summed E-state index contributed by atoms with van der Waals surface area (Å²) in [6.07, 6.45) is 3.19. The topological polar surface area (TPSA) is 93.1 Å². The van der Waals surface area contributed by atoms with Crippen LogP contribution in [0.3, 0.4) is 0 Å². The van der Waals surface area contributed by atoms with Crippen molar-refractivity contribution in [3.05, 3.63) is 11.6 Å². The smallest absolute Gasteiger partial charge is 0.333 e. The van der Waals surface area contributed by atoms with Crippen LogP contribution in [0.15, 0.2) is 11.6 Å². The summed E-state index contributed by atoms with van der Waals surface area (Å²) in [5.74, 6) is -3.02. The van der Waals surface area contributed by atoms with Gasteiger partial charge in [-0.25, -0.2) is 4.79 Å². The van der Waals surface area contributed by atoms with Gasteiger partial charge in [0, 0.05) is 30.9 Å². The molecule has 0 saturated heterocycles. The van der Waals surface area contributed by atoms with Crippen LogP contribution in [0.4, 0.5) is 0 Å². The van der Waals surface area contributed by atoms with E-state index in [4.69, 9.17) is 9.47 Å². The highest BCUT2D eigenvalue weighted by Gasteiger charge is 2.68. The van der Waals surface area contributed by atoms with Gasteiger partial charge in [-0.3, -0.25) is 4.79 Å². The number of aliphatic hydroxyl groups is 2. The van der Waals surface area contributed by atoms with Crippen molar-refractivity contribution in [2.45, 2.75) is 78.3 Å². The van der Waals surface area contributed by atoms with Gasteiger partial charge < -0.3 is 19.7 Å². The molecule has 3 fully saturated rings. The molecule has 6 heteroatoms. The number of aliphatic hydroxyl groups excluding tert-OH is 1. The van der Waals surface area contributed by atoms with Crippen LogP contribution < -0.4 is 0 Å². The Morgan fingerprint density at radius 2 is 1.96 bits per heavy atom. The van der Waals surface area contributed by atoms with Gasteiger partial charge >= 0.3 is 11.9 Å². The molecule has 0 aromatic heterocycles. The molecule has 0 radical (unpaired) electrons. The van der Waals surface area contributed by atoms with Crippen molar-refractivity contribution < 1.29 is 29.3 Å². The predicted molar refractivity (Wildman–Crippen MR) is 101 cm³/mol. The number of hydrogen-bond acceptors (Lipinski definition) is 6. The largest absolute Gasteiger partial charge is 0.459 e. The monoisotopic (exact) mass is 392 g/mol. The molecule has 28 heavy (non-hydrogen) atoms. The third-order valence-corrected chi connectivity index (χ3v) is 8.32. The van der Waals surface area contributed by atoms with Crippen LogP contribution in [0.1, 0.15) is 60.3 Å². The highest BCUT2D eigenvalue weighted by Crippen LogP contribution is 2.67. The molecule has 2 N–H and O–H groups in total. The molecule has 0 amide bonds. The van der Waals surface area contributed by atoms with Gasteiger partial charge in [-0.1, -0.05) is 34.1 Å². The average Bonchev–Trinajstić information content (AvgIpc) is 2.85. The molecule has 0 spiro atoms. The maximum absolute atomic E-state index is 11.9. The van der Waals surface area contributed by atoms with Crippen LogP contribution in [0.25, 0.3) is 0 Å². The van der Waals surface area contributed by atoms with Gasteiger partial charge in [0.25, 0.3) is 0 Å². The zero-order chi connectivity index (χ0) is 20.6. The van der Waals surface area contributed by atoms with E-state index in [1.807, 2.05) is 6.92 Å². The lowest BCUT2D eigenvalue weighted by atomic mass is 9.41. The van der Waals surface area contributed by atoms with E-state index in [1.54, 1.807) is 0 Å². The Morgan fingerprint density at radius 3 is 2.61 bits per heavy atom. The van der Waals surface area contributed by atoms with Gasteiger partial charge in [-0.2, -0.15) is 0 Å². The SMILES string of the molecule is CC(=O)O[C@@H]1[C@H](O)[C@H]2[C@H](C)C3=CC(=O)O[C@]3(O)C[C@H]2[C@]2(C)CCCC(C)(C)[C@H]12. The third-order valence-electron chi connectivity index (χ3n) is 8.32. The molecule has 1 aliphatic heterocycles. The minimum Gasteiger partial charge on any atom is -0.459 e. The highest BCUT2D eigenvalue weighted by atomic mass is 16.7. The van der Waals surface area contributed by atoms with Gasteiger partial charge in [0.1, 0.15) is 6.10 Å². The van der Waals surface area contributed by atoms with E-state index in [-0.39, 0.29) is 46.9 Å². The molecule has 0 unspecified atom stereocenters. The van der Waals surface area contributed by atoms with Crippen LogP contribution in [0.2, 0.25) is 0 Å². The number of ether oxygens (including phenoxy) is 2. The standard InChI is InChI=1S/C22H32O6/c1-11-13-9-15(24)28-22(13,26)10-14-16(11)17(25)18(27-12(2)23)19-20(3,4)7-6-8-21(14,19)5/h9,11,14,16-19,25-26H,6-8,10H2,1-5H3/t11-,14-,16+,17-,18-,19+,21+,22-/m1/s1. The molecule has 8 atom stereocenters. The fraction of sp³-hybridized carbons (Fsp3) is 0.818. The lowest BCUT2D eigenvalue weighted by molar-refractivity contribution is -0.265. The summed E-state index contributed by atoms with van der Waals surface area (Å²) in [5, 5.41) is 22.6. The summed E-state index contributed by atoms with van der Waals surface area (Å²) < 4.78 is 11.1. The number of rotatable bonds is 1. The van der Waals surface area contributed by atoms with Crippen LogP contribution >= 0.6 is 0 Å². The molecular formula is C22H32O6. The molecule has 6 nitrogen and oxygen atoms in total. The maximum Gasteiger partial charge on any atom is 0.333 e. The van der Waals surface area contributed by atoms with Crippen molar-refractivity contribution >= 4 is 11.9 Å². The molecule has 0 aromatic carbocycles. The molecule has 4 aliphatic rings. The summed E-state index contributed by atoms with van der Waals surface area (Å²) in [6.45, 7) is 9.89. The van der Waals surface area contributed by atoms with Gasteiger partial charge in [0.2, 0.25) is 5.79 Å². The van der Waals surface area contributed by atoms with E-state index in [1.165, 1.54) is 13.0 Å². The first-order valence-electron chi connectivity index (χ1n) is 10.4. The quantitative estimate of drug-likeness (QED) is 0.666. The van der Waals surface area contributed by atoms with Crippen molar-refractivity contribution in [3.63, 3.8) is 0 Å². The van der Waals surface area contributed by atoms with E-state index in [9.17, 15) is 19.8 Å². The molecular weight excluding hydrogens is 360 g/mol. The van der Waals surface area contributed by atoms with Crippen molar-refractivity contribution in [1.82, 2.24) is 0 Å². The molecule has 4 rings (SSSR count). The normalized spacial score (nSPS) is 49.2. The molecule has 1 heterocycles. The molecule has 0 aromatic rings. The van der Waals surface area contributed by atoms with Crippen molar-refractivity contribution in [2.24, 2.45) is 34.5 Å². The van der Waals surface area contributed by atoms with Gasteiger partial charge in [0.15, 0.2) is 0 Å². The summed E-state index contributed by atoms with van der Waals surface area (Å²) in [4.78, 5) is 23.8. The predicted octanol–water partition coefficient (Wildman–Crippen LogP) is 2.57. The summed E-state index contributed by atoms with van der Waals surface area (Å²) >= 11 is 0. The second-order valence-electron chi connectivity index (χ2n) is 10.4. The zero-order valence-corrected chi connectivity index (χ0v) is 17.4. The van der Waals surface area contributed by atoms with Gasteiger partial charge in [-0.15, -0.1) is 0 Å². The van der Waals surface area contributed by atoms with E-state index in [0.717, 1.165) is 19.3 Å². The molecule has 3 aliphatic carbocycles. The van der Waals surface area contributed by atoms with Crippen LogP contribution in [-0.4, -0.2) is 40.1 Å². The second-order valence-corrected chi connectivity index (χ2v) is 10.4. The first kappa shape index (κ1) is 19.9. The fourth-order valence-electron chi connectivity index (χ4n) is 7.45. The van der Waals surface area contributed by atoms with E-state index < -0.39 is 24.0 Å². The first-order chi connectivity index (χ1) is 12.9. The lowest BCUT2D eigenvalue weighted by Gasteiger charge is -2.65. The third kappa shape index (κ3) is 2.60. The van der Waals surface area contributed by atoms with Crippen LogP contribution in [0, 0.1) is 34.5 Å². The minimum atomic E-state index is -1.58. The van der Waals surface area contributed by atoms with E-state index in [2.05, 4.69) is 20.8 Å². The minimum absolute atomic E-state index is 0.0349. The molecule has 0 bridgehead atoms.